The lowest BCUT2D eigenvalue weighted by Gasteiger charge is -2.15. The SMILES string of the molecule is COc1ccc(OCCn2ccc(=O)c(OCc3ccc([N+](=O)[O-])cc3)c2C)cc1. The summed E-state index contributed by atoms with van der Waals surface area (Å²) in [5.41, 5.74) is 1.20. The predicted molar refractivity (Wildman–Crippen MR) is 111 cm³/mol. The fraction of sp³-hybridized carbons (Fsp3) is 0.227. The van der Waals surface area contributed by atoms with E-state index in [-0.39, 0.29) is 23.5 Å². The lowest BCUT2D eigenvalue weighted by molar-refractivity contribution is -0.384. The summed E-state index contributed by atoms with van der Waals surface area (Å²) in [6.45, 7) is 2.89. The molecule has 0 radical (unpaired) electrons. The molecule has 0 fully saturated rings. The highest BCUT2D eigenvalue weighted by atomic mass is 16.6. The minimum absolute atomic E-state index is 0.00820. The first-order chi connectivity index (χ1) is 14.5. The van der Waals surface area contributed by atoms with Crippen LogP contribution in [0.2, 0.25) is 0 Å². The van der Waals surface area contributed by atoms with Gasteiger partial charge in [-0.3, -0.25) is 14.9 Å². The first kappa shape index (κ1) is 20.9. The van der Waals surface area contributed by atoms with Gasteiger partial charge in [0.15, 0.2) is 5.75 Å². The molecule has 1 aromatic heterocycles. The van der Waals surface area contributed by atoms with Crippen LogP contribution in [0.4, 0.5) is 5.69 Å². The third kappa shape index (κ3) is 5.16. The molecule has 0 saturated heterocycles. The average Bonchev–Trinajstić information content (AvgIpc) is 2.76. The van der Waals surface area contributed by atoms with Crippen molar-refractivity contribution in [3.05, 3.63) is 92.4 Å². The minimum Gasteiger partial charge on any atom is -0.497 e. The van der Waals surface area contributed by atoms with Crippen molar-refractivity contribution in [1.29, 1.82) is 0 Å². The largest absolute Gasteiger partial charge is 0.497 e. The van der Waals surface area contributed by atoms with Gasteiger partial charge in [-0.2, -0.15) is 0 Å². The van der Waals surface area contributed by atoms with E-state index in [1.165, 1.54) is 18.2 Å². The van der Waals surface area contributed by atoms with Crippen molar-refractivity contribution in [1.82, 2.24) is 4.57 Å². The van der Waals surface area contributed by atoms with Gasteiger partial charge in [0, 0.05) is 24.4 Å². The topological polar surface area (TPSA) is 92.8 Å². The molecule has 0 unspecified atom stereocenters. The molecule has 8 heteroatoms. The number of nitro benzene ring substituents is 1. The van der Waals surface area contributed by atoms with Gasteiger partial charge in [-0.05, 0) is 48.9 Å². The van der Waals surface area contributed by atoms with Crippen LogP contribution in [-0.2, 0) is 13.2 Å². The van der Waals surface area contributed by atoms with Crippen molar-refractivity contribution >= 4 is 5.69 Å². The molecule has 0 aliphatic heterocycles. The van der Waals surface area contributed by atoms with Gasteiger partial charge in [0.1, 0.15) is 24.7 Å². The number of aromatic nitrogens is 1. The highest BCUT2D eigenvalue weighted by Crippen LogP contribution is 2.18. The fourth-order valence-corrected chi connectivity index (χ4v) is 2.87. The van der Waals surface area contributed by atoms with Gasteiger partial charge in [0.05, 0.1) is 24.3 Å². The van der Waals surface area contributed by atoms with Crippen molar-refractivity contribution in [2.75, 3.05) is 13.7 Å². The standard InChI is InChI=1S/C22H22N2O6/c1-16-22(30-15-17-3-5-18(6-4-17)24(26)27)21(25)11-12-23(16)13-14-29-20-9-7-19(28-2)8-10-20/h3-12H,13-15H2,1-2H3. The molecule has 0 bridgehead atoms. The maximum absolute atomic E-state index is 12.2. The first-order valence-electron chi connectivity index (χ1n) is 9.31. The number of benzene rings is 2. The molecule has 3 aromatic rings. The Bertz CT molecular complexity index is 1060. The van der Waals surface area contributed by atoms with E-state index in [1.807, 2.05) is 28.8 Å². The Morgan fingerprint density at radius 2 is 1.63 bits per heavy atom. The number of hydrogen-bond acceptors (Lipinski definition) is 6. The van der Waals surface area contributed by atoms with Crippen LogP contribution in [0.5, 0.6) is 17.2 Å². The molecule has 0 spiro atoms. The summed E-state index contributed by atoms with van der Waals surface area (Å²) in [5.74, 6) is 1.73. The van der Waals surface area contributed by atoms with Gasteiger partial charge in [-0.25, -0.2) is 0 Å². The number of hydrogen-bond donors (Lipinski definition) is 0. The van der Waals surface area contributed by atoms with Crippen molar-refractivity contribution in [2.24, 2.45) is 0 Å². The van der Waals surface area contributed by atoms with E-state index in [1.54, 1.807) is 32.4 Å². The maximum atomic E-state index is 12.2. The molecule has 0 aliphatic rings. The monoisotopic (exact) mass is 410 g/mol. The molecule has 0 amide bonds. The van der Waals surface area contributed by atoms with E-state index in [2.05, 4.69) is 0 Å². The van der Waals surface area contributed by atoms with Gasteiger partial charge >= 0.3 is 0 Å². The molecule has 2 aromatic carbocycles. The Hall–Kier alpha value is -3.81. The summed E-state index contributed by atoms with van der Waals surface area (Å²) in [4.78, 5) is 22.5. The molecule has 1 heterocycles. The number of nitro groups is 1. The summed E-state index contributed by atoms with van der Waals surface area (Å²) in [6.07, 6.45) is 1.70. The van der Waals surface area contributed by atoms with Gasteiger partial charge < -0.3 is 18.8 Å². The highest BCUT2D eigenvalue weighted by molar-refractivity contribution is 5.34. The second-order valence-corrected chi connectivity index (χ2v) is 6.52. The van der Waals surface area contributed by atoms with Crippen LogP contribution in [0.25, 0.3) is 0 Å². The van der Waals surface area contributed by atoms with Crippen LogP contribution in [0, 0.1) is 17.0 Å². The van der Waals surface area contributed by atoms with Gasteiger partial charge in [-0.1, -0.05) is 0 Å². The maximum Gasteiger partial charge on any atom is 0.269 e. The summed E-state index contributed by atoms with van der Waals surface area (Å²) in [7, 11) is 1.61. The third-order valence-electron chi connectivity index (χ3n) is 4.58. The molecule has 0 aliphatic carbocycles. The minimum atomic E-state index is -0.460. The lowest BCUT2D eigenvalue weighted by atomic mass is 10.2. The summed E-state index contributed by atoms with van der Waals surface area (Å²) in [6, 6.07) is 14.8. The third-order valence-corrected chi connectivity index (χ3v) is 4.58. The zero-order valence-electron chi connectivity index (χ0n) is 16.7. The summed E-state index contributed by atoms with van der Waals surface area (Å²) < 4.78 is 18.5. The van der Waals surface area contributed by atoms with E-state index in [4.69, 9.17) is 14.2 Å². The Labute approximate surface area is 173 Å². The number of methoxy groups -OCH3 is 1. The molecule has 0 atom stereocenters. The zero-order chi connectivity index (χ0) is 21.5. The Morgan fingerprint density at radius 1 is 0.967 bits per heavy atom. The van der Waals surface area contributed by atoms with E-state index >= 15 is 0 Å². The van der Waals surface area contributed by atoms with Crippen molar-refractivity contribution in [2.45, 2.75) is 20.1 Å². The van der Waals surface area contributed by atoms with Crippen LogP contribution in [-0.4, -0.2) is 23.2 Å². The van der Waals surface area contributed by atoms with Crippen LogP contribution in [0.1, 0.15) is 11.3 Å². The Morgan fingerprint density at radius 3 is 2.27 bits per heavy atom. The van der Waals surface area contributed by atoms with E-state index in [9.17, 15) is 14.9 Å². The molecule has 0 saturated carbocycles. The summed E-state index contributed by atoms with van der Waals surface area (Å²) in [5, 5.41) is 10.7. The number of ether oxygens (including phenoxy) is 3. The second kappa shape index (κ2) is 9.60. The van der Waals surface area contributed by atoms with E-state index in [0.29, 0.717) is 18.8 Å². The van der Waals surface area contributed by atoms with E-state index < -0.39 is 4.92 Å². The van der Waals surface area contributed by atoms with E-state index in [0.717, 1.165) is 17.1 Å². The molecule has 30 heavy (non-hydrogen) atoms. The lowest BCUT2D eigenvalue weighted by Crippen LogP contribution is -2.17. The van der Waals surface area contributed by atoms with Gasteiger partial charge in [0.2, 0.25) is 5.43 Å². The van der Waals surface area contributed by atoms with Crippen LogP contribution in [0.3, 0.4) is 0 Å². The molecular weight excluding hydrogens is 388 g/mol. The Kier molecular flexibility index (Phi) is 6.69. The number of rotatable bonds is 9. The normalized spacial score (nSPS) is 10.5. The molecule has 8 nitrogen and oxygen atoms in total. The predicted octanol–water partition coefficient (Wildman–Crippen LogP) is 3.73. The first-order valence-corrected chi connectivity index (χ1v) is 9.31. The second-order valence-electron chi connectivity index (χ2n) is 6.52. The molecular formula is C22H22N2O6. The number of pyridine rings is 1. The van der Waals surface area contributed by atoms with Gasteiger partial charge in [0.25, 0.3) is 5.69 Å². The fourth-order valence-electron chi connectivity index (χ4n) is 2.87. The van der Waals surface area contributed by atoms with Crippen molar-refractivity contribution in [3.63, 3.8) is 0 Å². The summed E-state index contributed by atoms with van der Waals surface area (Å²) >= 11 is 0. The zero-order valence-corrected chi connectivity index (χ0v) is 16.7. The molecule has 3 rings (SSSR count). The van der Waals surface area contributed by atoms with Crippen molar-refractivity contribution in [3.8, 4) is 17.2 Å². The smallest absolute Gasteiger partial charge is 0.269 e. The van der Waals surface area contributed by atoms with Gasteiger partial charge in [-0.15, -0.1) is 0 Å². The van der Waals surface area contributed by atoms with Crippen LogP contribution >= 0.6 is 0 Å². The van der Waals surface area contributed by atoms with Crippen LogP contribution < -0.4 is 19.6 Å². The quantitative estimate of drug-likeness (QED) is 0.394. The number of nitrogens with zero attached hydrogens (tertiary/aromatic N) is 2. The number of non-ortho nitro benzene ring substituents is 1. The highest BCUT2D eigenvalue weighted by Gasteiger charge is 2.10. The molecule has 0 N–H and O–H groups in total. The Balaban J connectivity index is 1.62. The average molecular weight is 410 g/mol. The van der Waals surface area contributed by atoms with Crippen molar-refractivity contribution < 1.29 is 19.1 Å². The van der Waals surface area contributed by atoms with Crippen LogP contribution in [0.15, 0.2) is 65.6 Å². The molecule has 156 valence electrons.